The number of thiocarbonyl (C=S) groups is 1. The van der Waals surface area contributed by atoms with E-state index in [9.17, 15) is 4.39 Å². The molecule has 0 saturated heterocycles. The van der Waals surface area contributed by atoms with Crippen molar-refractivity contribution in [2.45, 2.75) is 12.8 Å². The van der Waals surface area contributed by atoms with Gasteiger partial charge in [-0.3, -0.25) is 0 Å². The maximum absolute atomic E-state index is 13.7. The molecule has 0 amide bonds. The van der Waals surface area contributed by atoms with Gasteiger partial charge in [-0.25, -0.2) is 4.39 Å². The molecule has 4 heteroatoms. The highest BCUT2D eigenvalue weighted by atomic mass is 32.1. The highest BCUT2D eigenvalue weighted by Gasteiger charge is 2.08. The Morgan fingerprint density at radius 2 is 1.95 bits per heavy atom. The number of hydrogen-bond acceptors (Lipinski definition) is 2. The Kier molecular flexibility index (Phi) is 4.69. The molecule has 0 saturated carbocycles. The standard InChI is InChI=1S/C16H17FN2S/c1-11(12-5-3-2-4-6-12)10-19-13-7-8-14(16(18)20)15(17)9-13/h2-9,11,19H,10H2,1H3,(H2,18,20). The summed E-state index contributed by atoms with van der Waals surface area (Å²) in [5.41, 5.74) is 7.69. The van der Waals surface area contributed by atoms with Gasteiger partial charge in [0.2, 0.25) is 0 Å². The number of anilines is 1. The maximum Gasteiger partial charge on any atom is 0.135 e. The van der Waals surface area contributed by atoms with Crippen molar-refractivity contribution in [3.05, 3.63) is 65.5 Å². The van der Waals surface area contributed by atoms with Gasteiger partial charge in [-0.2, -0.15) is 0 Å². The molecular formula is C16H17FN2S. The largest absolute Gasteiger partial charge is 0.389 e. The summed E-state index contributed by atoms with van der Waals surface area (Å²) in [6.45, 7) is 2.86. The lowest BCUT2D eigenvalue weighted by atomic mass is 10.0. The number of nitrogens with two attached hydrogens (primary N) is 1. The number of hydrogen-bond donors (Lipinski definition) is 2. The fourth-order valence-electron chi connectivity index (χ4n) is 2.00. The van der Waals surface area contributed by atoms with Gasteiger partial charge in [-0.1, -0.05) is 49.5 Å². The number of rotatable bonds is 5. The van der Waals surface area contributed by atoms with Gasteiger partial charge in [0.15, 0.2) is 0 Å². The van der Waals surface area contributed by atoms with Crippen LogP contribution in [0.15, 0.2) is 48.5 Å². The summed E-state index contributed by atoms with van der Waals surface area (Å²) in [5.74, 6) is -0.0515. The third kappa shape index (κ3) is 3.54. The average molecular weight is 288 g/mol. The molecule has 0 aliphatic heterocycles. The zero-order valence-electron chi connectivity index (χ0n) is 11.3. The minimum Gasteiger partial charge on any atom is -0.389 e. The molecule has 0 bridgehead atoms. The fraction of sp³-hybridized carbons (Fsp3) is 0.188. The summed E-state index contributed by atoms with van der Waals surface area (Å²) in [5, 5.41) is 3.23. The lowest BCUT2D eigenvalue weighted by Gasteiger charge is -2.14. The first-order valence-electron chi connectivity index (χ1n) is 6.46. The second kappa shape index (κ2) is 6.48. The molecule has 3 N–H and O–H groups in total. The molecule has 2 rings (SSSR count). The van der Waals surface area contributed by atoms with E-state index >= 15 is 0 Å². The zero-order valence-corrected chi connectivity index (χ0v) is 12.1. The molecule has 1 atom stereocenters. The highest BCUT2D eigenvalue weighted by molar-refractivity contribution is 7.80. The van der Waals surface area contributed by atoms with Gasteiger partial charge in [-0.15, -0.1) is 0 Å². The van der Waals surface area contributed by atoms with E-state index in [1.165, 1.54) is 11.6 Å². The molecule has 0 heterocycles. The number of halogens is 1. The van der Waals surface area contributed by atoms with Crippen molar-refractivity contribution in [1.82, 2.24) is 0 Å². The van der Waals surface area contributed by atoms with Crippen LogP contribution >= 0.6 is 12.2 Å². The summed E-state index contributed by atoms with van der Waals surface area (Å²) in [4.78, 5) is 0.0757. The Balaban J connectivity index is 2.01. The van der Waals surface area contributed by atoms with Crippen molar-refractivity contribution in [2.75, 3.05) is 11.9 Å². The van der Waals surface area contributed by atoms with Crippen molar-refractivity contribution in [2.24, 2.45) is 5.73 Å². The van der Waals surface area contributed by atoms with Crippen LogP contribution in [0.3, 0.4) is 0 Å². The maximum atomic E-state index is 13.7. The SMILES string of the molecule is CC(CNc1ccc(C(N)=S)c(F)c1)c1ccccc1. The Morgan fingerprint density at radius 1 is 1.25 bits per heavy atom. The van der Waals surface area contributed by atoms with E-state index < -0.39 is 5.82 Å². The smallest absolute Gasteiger partial charge is 0.135 e. The Morgan fingerprint density at radius 3 is 2.55 bits per heavy atom. The average Bonchev–Trinajstić information content (AvgIpc) is 2.45. The Bertz CT molecular complexity index is 599. The summed E-state index contributed by atoms with van der Waals surface area (Å²) in [7, 11) is 0. The predicted molar refractivity (Wildman–Crippen MR) is 85.6 cm³/mol. The molecule has 0 aliphatic rings. The molecule has 2 aromatic carbocycles. The van der Waals surface area contributed by atoms with Crippen LogP contribution in [-0.2, 0) is 0 Å². The van der Waals surface area contributed by atoms with E-state index in [2.05, 4.69) is 24.4 Å². The molecule has 0 spiro atoms. The number of nitrogens with one attached hydrogen (secondary N) is 1. The van der Waals surface area contributed by atoms with Crippen LogP contribution in [0.4, 0.5) is 10.1 Å². The molecule has 2 aromatic rings. The van der Waals surface area contributed by atoms with Gasteiger partial charge in [0.25, 0.3) is 0 Å². The van der Waals surface area contributed by atoms with Gasteiger partial charge in [-0.05, 0) is 29.7 Å². The first-order chi connectivity index (χ1) is 9.58. The molecule has 2 nitrogen and oxygen atoms in total. The lowest BCUT2D eigenvalue weighted by molar-refractivity contribution is 0.625. The van der Waals surface area contributed by atoms with Crippen molar-refractivity contribution in [3.8, 4) is 0 Å². The molecule has 0 fully saturated rings. The Hall–Kier alpha value is -1.94. The lowest BCUT2D eigenvalue weighted by Crippen LogP contribution is -2.13. The van der Waals surface area contributed by atoms with Gasteiger partial charge in [0, 0.05) is 17.8 Å². The second-order valence-corrected chi connectivity index (χ2v) is 5.19. The number of benzene rings is 2. The van der Waals surface area contributed by atoms with Crippen molar-refractivity contribution in [1.29, 1.82) is 0 Å². The molecule has 20 heavy (non-hydrogen) atoms. The van der Waals surface area contributed by atoms with E-state index in [-0.39, 0.29) is 10.6 Å². The van der Waals surface area contributed by atoms with E-state index in [0.29, 0.717) is 5.92 Å². The van der Waals surface area contributed by atoms with E-state index in [4.69, 9.17) is 18.0 Å². The molecule has 0 aromatic heterocycles. The fourth-order valence-corrected chi connectivity index (χ4v) is 2.16. The molecular weight excluding hydrogens is 271 g/mol. The summed E-state index contributed by atoms with van der Waals surface area (Å²) >= 11 is 4.78. The van der Waals surface area contributed by atoms with Crippen LogP contribution in [0.5, 0.6) is 0 Å². The van der Waals surface area contributed by atoms with Gasteiger partial charge in [0.1, 0.15) is 10.8 Å². The summed E-state index contributed by atoms with van der Waals surface area (Å²) in [6.07, 6.45) is 0. The minimum atomic E-state index is -0.394. The van der Waals surface area contributed by atoms with E-state index in [0.717, 1.165) is 12.2 Å². The van der Waals surface area contributed by atoms with Crippen molar-refractivity contribution < 1.29 is 4.39 Å². The van der Waals surface area contributed by atoms with Crippen LogP contribution < -0.4 is 11.1 Å². The first kappa shape index (κ1) is 14.5. The third-order valence-corrected chi connectivity index (χ3v) is 3.44. The summed E-state index contributed by atoms with van der Waals surface area (Å²) < 4.78 is 13.7. The van der Waals surface area contributed by atoms with Gasteiger partial charge in [0.05, 0.1) is 0 Å². The van der Waals surface area contributed by atoms with Crippen LogP contribution in [0.1, 0.15) is 24.0 Å². The van der Waals surface area contributed by atoms with E-state index in [1.807, 2.05) is 18.2 Å². The van der Waals surface area contributed by atoms with Crippen LogP contribution in [0.25, 0.3) is 0 Å². The predicted octanol–water partition coefficient (Wildman–Crippen LogP) is 3.68. The molecule has 104 valence electrons. The zero-order chi connectivity index (χ0) is 14.5. The monoisotopic (exact) mass is 288 g/mol. The topological polar surface area (TPSA) is 38.0 Å². The highest BCUT2D eigenvalue weighted by Crippen LogP contribution is 2.18. The van der Waals surface area contributed by atoms with Crippen molar-refractivity contribution >= 4 is 22.9 Å². The molecule has 0 aliphatic carbocycles. The quantitative estimate of drug-likeness (QED) is 0.824. The minimum absolute atomic E-state index is 0.0757. The summed E-state index contributed by atoms with van der Waals surface area (Å²) in [6, 6.07) is 15.0. The normalized spacial score (nSPS) is 11.9. The van der Waals surface area contributed by atoms with Crippen LogP contribution in [0, 0.1) is 5.82 Å². The Labute approximate surface area is 123 Å². The van der Waals surface area contributed by atoms with Crippen molar-refractivity contribution in [3.63, 3.8) is 0 Å². The van der Waals surface area contributed by atoms with Crippen LogP contribution in [0.2, 0.25) is 0 Å². The molecule has 1 unspecified atom stereocenters. The molecule has 0 radical (unpaired) electrons. The first-order valence-corrected chi connectivity index (χ1v) is 6.87. The second-order valence-electron chi connectivity index (χ2n) is 4.75. The van der Waals surface area contributed by atoms with Crippen LogP contribution in [-0.4, -0.2) is 11.5 Å². The third-order valence-electron chi connectivity index (χ3n) is 3.22. The van der Waals surface area contributed by atoms with Gasteiger partial charge >= 0.3 is 0 Å². The van der Waals surface area contributed by atoms with Gasteiger partial charge < -0.3 is 11.1 Å². The van der Waals surface area contributed by atoms with E-state index in [1.54, 1.807) is 12.1 Å².